The van der Waals surface area contributed by atoms with Crippen LogP contribution in [0.5, 0.6) is 5.75 Å². The summed E-state index contributed by atoms with van der Waals surface area (Å²) in [5.74, 6) is 0.999. The summed E-state index contributed by atoms with van der Waals surface area (Å²) in [5, 5.41) is 5.98. The first-order valence-electron chi connectivity index (χ1n) is 8.26. The Balaban J connectivity index is 2.05. The third kappa shape index (κ3) is 5.22. The molecule has 128 valence electrons. The van der Waals surface area contributed by atoms with Gasteiger partial charge in [0.05, 0.1) is 6.61 Å². The van der Waals surface area contributed by atoms with Crippen LogP contribution in [0.1, 0.15) is 42.9 Å². The van der Waals surface area contributed by atoms with Gasteiger partial charge in [0, 0.05) is 17.9 Å². The fraction of sp³-hybridized carbons (Fsp3) is 0.389. The molecule has 0 atom stereocenters. The maximum Gasteiger partial charge on any atom is 0.274 e. The number of hydrogen-bond donors (Lipinski definition) is 2. The van der Waals surface area contributed by atoms with Gasteiger partial charge in [0.25, 0.3) is 5.91 Å². The number of nitrogens with one attached hydrogen (secondary N) is 2. The minimum absolute atomic E-state index is 0.261. The monoisotopic (exact) mass is 328 g/mol. The number of ether oxygens (including phenoxy) is 1. The summed E-state index contributed by atoms with van der Waals surface area (Å²) < 4.78 is 5.39. The van der Waals surface area contributed by atoms with Crippen molar-refractivity contribution in [3.8, 4) is 5.75 Å². The van der Waals surface area contributed by atoms with Gasteiger partial charge in [0.15, 0.2) is 0 Å². The predicted molar refractivity (Wildman–Crippen MR) is 95.7 cm³/mol. The average Bonchev–Trinajstić information content (AvgIpc) is 2.56. The Kier molecular flexibility index (Phi) is 6.54. The smallest absolute Gasteiger partial charge is 0.274 e. The second-order valence-corrected chi connectivity index (χ2v) is 5.41. The molecule has 0 bridgehead atoms. The number of carbonyl (C=O) groups excluding carboxylic acids is 1. The highest BCUT2D eigenvalue weighted by Gasteiger charge is 2.11. The summed E-state index contributed by atoms with van der Waals surface area (Å²) in [6, 6.07) is 8.92. The SMILES string of the molecule is CCCCNc1nc(C)cc(C(=O)Nc2ccc(OCC)cc2)n1. The van der Waals surface area contributed by atoms with Crippen LogP contribution in [-0.4, -0.2) is 29.0 Å². The van der Waals surface area contributed by atoms with Crippen LogP contribution in [0.25, 0.3) is 0 Å². The van der Waals surface area contributed by atoms with Crippen LogP contribution in [0.2, 0.25) is 0 Å². The second-order valence-electron chi connectivity index (χ2n) is 5.41. The van der Waals surface area contributed by atoms with E-state index in [0.29, 0.717) is 23.9 Å². The van der Waals surface area contributed by atoms with Crippen LogP contribution in [0.4, 0.5) is 11.6 Å². The summed E-state index contributed by atoms with van der Waals surface area (Å²) in [5.41, 5.74) is 1.79. The van der Waals surface area contributed by atoms with Gasteiger partial charge in [0.1, 0.15) is 11.4 Å². The molecule has 1 aromatic carbocycles. The van der Waals surface area contributed by atoms with E-state index < -0.39 is 0 Å². The lowest BCUT2D eigenvalue weighted by molar-refractivity contribution is 0.102. The fourth-order valence-corrected chi connectivity index (χ4v) is 2.14. The molecule has 6 nitrogen and oxygen atoms in total. The summed E-state index contributed by atoms with van der Waals surface area (Å²) >= 11 is 0. The molecule has 0 spiro atoms. The molecule has 2 aromatic rings. The fourth-order valence-electron chi connectivity index (χ4n) is 2.14. The lowest BCUT2D eigenvalue weighted by Crippen LogP contribution is -2.16. The van der Waals surface area contributed by atoms with Gasteiger partial charge in [-0.05, 0) is 50.6 Å². The first kappa shape index (κ1) is 17.7. The number of aryl methyl sites for hydroxylation is 1. The number of rotatable bonds is 8. The molecule has 1 amide bonds. The molecular weight excluding hydrogens is 304 g/mol. The molecule has 0 unspecified atom stereocenters. The predicted octanol–water partition coefficient (Wildman–Crippen LogP) is 3.65. The zero-order valence-corrected chi connectivity index (χ0v) is 14.4. The molecule has 0 radical (unpaired) electrons. The standard InChI is InChI=1S/C18H24N4O2/c1-4-6-11-19-18-20-13(3)12-16(22-18)17(23)21-14-7-9-15(10-8-14)24-5-2/h7-10,12H,4-6,11H2,1-3H3,(H,21,23)(H,19,20,22). The van der Waals surface area contributed by atoms with Crippen molar-refractivity contribution in [1.29, 1.82) is 0 Å². The molecule has 0 fully saturated rings. The number of carbonyl (C=O) groups is 1. The largest absolute Gasteiger partial charge is 0.494 e. The lowest BCUT2D eigenvalue weighted by atomic mass is 10.2. The summed E-state index contributed by atoms with van der Waals surface area (Å²) in [6.45, 7) is 7.30. The Morgan fingerprint density at radius 1 is 1.17 bits per heavy atom. The van der Waals surface area contributed by atoms with Gasteiger partial charge in [-0.1, -0.05) is 13.3 Å². The Morgan fingerprint density at radius 3 is 2.58 bits per heavy atom. The van der Waals surface area contributed by atoms with Gasteiger partial charge in [0.2, 0.25) is 5.95 Å². The Labute approximate surface area is 142 Å². The molecule has 2 rings (SSSR count). The Hall–Kier alpha value is -2.63. The van der Waals surface area contributed by atoms with Crippen molar-refractivity contribution in [2.45, 2.75) is 33.6 Å². The zero-order chi connectivity index (χ0) is 17.4. The van der Waals surface area contributed by atoms with Crippen molar-refractivity contribution < 1.29 is 9.53 Å². The van der Waals surface area contributed by atoms with E-state index in [-0.39, 0.29) is 5.91 Å². The summed E-state index contributed by atoms with van der Waals surface area (Å²) in [7, 11) is 0. The number of hydrogen-bond acceptors (Lipinski definition) is 5. The number of nitrogens with zero attached hydrogens (tertiary/aromatic N) is 2. The third-order valence-electron chi connectivity index (χ3n) is 3.32. The lowest BCUT2D eigenvalue weighted by Gasteiger charge is -2.09. The van der Waals surface area contributed by atoms with Gasteiger partial charge in [-0.3, -0.25) is 4.79 Å². The molecule has 0 saturated carbocycles. The topological polar surface area (TPSA) is 76.1 Å². The maximum absolute atomic E-state index is 12.4. The minimum atomic E-state index is -0.261. The third-order valence-corrected chi connectivity index (χ3v) is 3.32. The maximum atomic E-state index is 12.4. The van der Waals surface area contributed by atoms with Crippen molar-refractivity contribution in [2.24, 2.45) is 0 Å². The normalized spacial score (nSPS) is 10.3. The van der Waals surface area contributed by atoms with Crippen molar-refractivity contribution >= 4 is 17.5 Å². The van der Waals surface area contributed by atoms with Crippen LogP contribution in [-0.2, 0) is 0 Å². The highest BCUT2D eigenvalue weighted by atomic mass is 16.5. The number of amides is 1. The van der Waals surface area contributed by atoms with E-state index >= 15 is 0 Å². The molecule has 0 aliphatic carbocycles. The van der Waals surface area contributed by atoms with E-state index in [0.717, 1.165) is 30.8 Å². The molecule has 0 saturated heterocycles. The van der Waals surface area contributed by atoms with Crippen molar-refractivity contribution in [2.75, 3.05) is 23.8 Å². The Bertz CT molecular complexity index is 671. The average molecular weight is 328 g/mol. The quantitative estimate of drug-likeness (QED) is 0.723. The first-order chi connectivity index (χ1) is 11.6. The van der Waals surface area contributed by atoms with E-state index in [1.807, 2.05) is 26.0 Å². The van der Waals surface area contributed by atoms with Crippen LogP contribution < -0.4 is 15.4 Å². The highest BCUT2D eigenvalue weighted by molar-refractivity contribution is 6.03. The van der Waals surface area contributed by atoms with Crippen molar-refractivity contribution in [3.05, 3.63) is 41.7 Å². The molecular formula is C18H24N4O2. The van der Waals surface area contributed by atoms with Crippen LogP contribution in [0, 0.1) is 6.92 Å². The van der Waals surface area contributed by atoms with Crippen LogP contribution in [0.3, 0.4) is 0 Å². The van der Waals surface area contributed by atoms with Gasteiger partial charge >= 0.3 is 0 Å². The Morgan fingerprint density at radius 2 is 1.92 bits per heavy atom. The van der Waals surface area contributed by atoms with Crippen molar-refractivity contribution in [3.63, 3.8) is 0 Å². The van der Waals surface area contributed by atoms with Crippen molar-refractivity contribution in [1.82, 2.24) is 9.97 Å². The second kappa shape index (κ2) is 8.86. The molecule has 24 heavy (non-hydrogen) atoms. The molecule has 1 heterocycles. The van der Waals surface area contributed by atoms with E-state index in [1.54, 1.807) is 18.2 Å². The first-order valence-corrected chi connectivity index (χ1v) is 8.26. The number of anilines is 2. The van der Waals surface area contributed by atoms with E-state index in [4.69, 9.17) is 4.74 Å². The number of benzene rings is 1. The van der Waals surface area contributed by atoms with Gasteiger partial charge < -0.3 is 15.4 Å². The number of unbranched alkanes of at least 4 members (excludes halogenated alkanes) is 1. The van der Waals surface area contributed by atoms with Crippen LogP contribution >= 0.6 is 0 Å². The van der Waals surface area contributed by atoms with Gasteiger partial charge in [-0.25, -0.2) is 9.97 Å². The zero-order valence-electron chi connectivity index (χ0n) is 14.4. The molecule has 0 aliphatic rings. The summed E-state index contributed by atoms with van der Waals surface area (Å²) in [6.07, 6.45) is 2.12. The molecule has 1 aromatic heterocycles. The van der Waals surface area contributed by atoms with Crippen LogP contribution in [0.15, 0.2) is 30.3 Å². The minimum Gasteiger partial charge on any atom is -0.494 e. The highest BCUT2D eigenvalue weighted by Crippen LogP contribution is 2.16. The van der Waals surface area contributed by atoms with E-state index in [9.17, 15) is 4.79 Å². The molecule has 2 N–H and O–H groups in total. The molecule has 6 heteroatoms. The number of aromatic nitrogens is 2. The summed E-state index contributed by atoms with van der Waals surface area (Å²) in [4.78, 5) is 21.0. The molecule has 0 aliphatic heterocycles. The van der Waals surface area contributed by atoms with E-state index in [2.05, 4.69) is 27.5 Å². The van der Waals surface area contributed by atoms with E-state index in [1.165, 1.54) is 0 Å². The van der Waals surface area contributed by atoms with Gasteiger partial charge in [-0.2, -0.15) is 0 Å². The van der Waals surface area contributed by atoms with Gasteiger partial charge in [-0.15, -0.1) is 0 Å².